The van der Waals surface area contributed by atoms with Crippen molar-refractivity contribution >= 4 is 22.9 Å². The zero-order valence-corrected chi connectivity index (χ0v) is 11.8. The van der Waals surface area contributed by atoms with Crippen LogP contribution in [0, 0.1) is 0 Å². The first-order chi connectivity index (χ1) is 10.6. The summed E-state index contributed by atoms with van der Waals surface area (Å²) in [5.74, 6) is -0.0722. The minimum absolute atomic E-state index is 0.0139. The molecule has 0 fully saturated rings. The number of aromatic hydroxyl groups is 1. The molecule has 0 saturated heterocycles. The molecular formula is C18H12O4. The zero-order chi connectivity index (χ0) is 15.4. The number of hydrogen-bond donors (Lipinski definition) is 2. The van der Waals surface area contributed by atoms with Gasteiger partial charge in [0.1, 0.15) is 17.3 Å². The second kappa shape index (κ2) is 4.24. The van der Waals surface area contributed by atoms with Gasteiger partial charge in [-0.25, -0.2) is 0 Å². The van der Waals surface area contributed by atoms with Crippen LogP contribution in [0.25, 0.3) is 17.1 Å². The molecule has 22 heavy (non-hydrogen) atoms. The Morgan fingerprint density at radius 3 is 2.27 bits per heavy atom. The van der Waals surface area contributed by atoms with Gasteiger partial charge in [-0.3, -0.25) is 4.79 Å². The normalized spacial score (nSPS) is 15.6. The third-order valence-electron chi connectivity index (χ3n) is 4.11. The van der Waals surface area contributed by atoms with Gasteiger partial charge >= 0.3 is 0 Å². The highest BCUT2D eigenvalue weighted by Gasteiger charge is 2.40. The summed E-state index contributed by atoms with van der Waals surface area (Å²) < 4.78 is 5.41. The Kier molecular flexibility index (Phi) is 2.45. The van der Waals surface area contributed by atoms with Crippen molar-refractivity contribution in [3.63, 3.8) is 0 Å². The molecule has 0 unspecified atom stereocenters. The number of aliphatic hydroxyl groups is 1. The van der Waals surface area contributed by atoms with Gasteiger partial charge < -0.3 is 14.9 Å². The lowest BCUT2D eigenvalue weighted by Gasteiger charge is -2.19. The molecule has 4 heteroatoms. The molecule has 2 aromatic rings. The van der Waals surface area contributed by atoms with E-state index in [1.807, 2.05) is 24.3 Å². The molecule has 0 aromatic heterocycles. The number of phenolic OH excluding ortho intramolecular Hbond substituents is 1. The van der Waals surface area contributed by atoms with Crippen molar-refractivity contribution in [2.45, 2.75) is 0 Å². The Morgan fingerprint density at radius 1 is 0.864 bits per heavy atom. The molecule has 0 atom stereocenters. The number of Topliss-reactive ketones (excluding diaryl/α,β-unsaturated/α-hetero) is 1. The molecule has 0 radical (unpaired) electrons. The highest BCUT2D eigenvalue weighted by atomic mass is 16.5. The SMILES string of the molecule is CO[13C]1=C2C(=O)c3c(O)cccc3C(O)=C2c2ccccc21. The van der Waals surface area contributed by atoms with Crippen molar-refractivity contribution in [3.8, 4) is 5.75 Å². The van der Waals surface area contributed by atoms with E-state index in [9.17, 15) is 15.0 Å². The maximum atomic E-state index is 12.9. The third kappa shape index (κ3) is 1.39. The molecular weight excluding hydrogens is 281 g/mol. The van der Waals surface area contributed by atoms with Crippen molar-refractivity contribution in [1.29, 1.82) is 0 Å². The standard InChI is InChI=1S/C18H12O4/c1-22-18-10-6-3-2-5-9(10)14-15(18)17(21)13-11(16(14)20)7-4-8-12(13)19/h2-8,19-20H,1H3/i18+1. The van der Waals surface area contributed by atoms with Crippen molar-refractivity contribution in [2.75, 3.05) is 7.11 Å². The number of phenols is 1. The molecule has 2 aromatic carbocycles. The topological polar surface area (TPSA) is 66.8 Å². The number of ketones is 1. The molecule has 2 aliphatic rings. The van der Waals surface area contributed by atoms with Gasteiger partial charge in [0.05, 0.1) is 18.2 Å². The molecule has 4 nitrogen and oxygen atoms in total. The Bertz CT molecular complexity index is 903. The molecule has 4 rings (SSSR count). The van der Waals surface area contributed by atoms with Gasteiger partial charge in [-0.2, -0.15) is 0 Å². The molecule has 0 spiro atoms. The molecule has 0 bridgehead atoms. The number of allylic oxidation sites excluding steroid dienone is 2. The molecule has 2 N–H and O–H groups in total. The largest absolute Gasteiger partial charge is 0.507 e. The number of carbonyl (C=O) groups excluding carboxylic acids is 1. The average Bonchev–Trinajstić information content (AvgIpc) is 2.87. The van der Waals surface area contributed by atoms with Gasteiger partial charge in [0.15, 0.2) is 0 Å². The fraction of sp³-hybridized carbons (Fsp3) is 0.0556. The van der Waals surface area contributed by atoms with E-state index in [4.69, 9.17) is 4.74 Å². The monoisotopic (exact) mass is 293 g/mol. The average molecular weight is 293 g/mol. The number of aliphatic hydroxyl groups excluding tert-OH is 1. The summed E-state index contributed by atoms with van der Waals surface area (Å²) in [7, 11) is 1.49. The van der Waals surface area contributed by atoms with Crippen LogP contribution in [0.3, 0.4) is 0 Å². The van der Waals surface area contributed by atoms with Gasteiger partial charge in [-0.05, 0) is 11.6 Å². The number of ether oxygens (including phenoxy) is 1. The van der Waals surface area contributed by atoms with Gasteiger partial charge in [0.2, 0.25) is 5.78 Å². The summed E-state index contributed by atoms with van der Waals surface area (Å²) in [4.78, 5) is 12.9. The lowest BCUT2D eigenvalue weighted by molar-refractivity contribution is 0.103. The van der Waals surface area contributed by atoms with Crippen molar-refractivity contribution in [1.82, 2.24) is 0 Å². The first kappa shape index (κ1) is 12.7. The number of carbonyl (C=O) groups is 1. The Morgan fingerprint density at radius 2 is 1.55 bits per heavy atom. The molecule has 108 valence electrons. The first-order valence-corrected chi connectivity index (χ1v) is 6.84. The van der Waals surface area contributed by atoms with Gasteiger partial charge in [0.25, 0.3) is 0 Å². The summed E-state index contributed by atoms with van der Waals surface area (Å²) in [6.45, 7) is 0. The van der Waals surface area contributed by atoms with E-state index in [0.717, 1.165) is 11.1 Å². The number of benzene rings is 2. The molecule has 0 heterocycles. The number of fused-ring (bicyclic) bond motifs is 4. The van der Waals surface area contributed by atoms with Crippen molar-refractivity contribution < 1.29 is 19.7 Å². The highest BCUT2D eigenvalue weighted by Crippen LogP contribution is 2.50. The summed E-state index contributed by atoms with van der Waals surface area (Å²) in [6.07, 6.45) is 0. The van der Waals surface area contributed by atoms with E-state index >= 15 is 0 Å². The van der Waals surface area contributed by atoms with E-state index in [-0.39, 0.29) is 22.9 Å². The van der Waals surface area contributed by atoms with Crippen LogP contribution in [-0.2, 0) is 4.74 Å². The summed E-state index contributed by atoms with van der Waals surface area (Å²) in [6, 6.07) is 12.0. The number of methoxy groups -OCH3 is 1. The van der Waals surface area contributed by atoms with E-state index in [0.29, 0.717) is 22.5 Å². The van der Waals surface area contributed by atoms with Crippen molar-refractivity contribution in [2.24, 2.45) is 0 Å². The quantitative estimate of drug-likeness (QED) is 0.791. The lowest BCUT2D eigenvalue weighted by Crippen LogP contribution is -2.14. The van der Waals surface area contributed by atoms with Gasteiger partial charge in [-0.15, -0.1) is 0 Å². The zero-order valence-electron chi connectivity index (χ0n) is 11.8. The smallest absolute Gasteiger partial charge is 0.202 e. The van der Waals surface area contributed by atoms with Crippen LogP contribution < -0.4 is 0 Å². The van der Waals surface area contributed by atoms with Crippen molar-refractivity contribution in [3.05, 3.63) is 70.3 Å². The number of hydrogen-bond acceptors (Lipinski definition) is 4. The van der Waals surface area contributed by atoms with Crippen LogP contribution in [0.4, 0.5) is 0 Å². The van der Waals surface area contributed by atoms with Crippen LogP contribution in [0.1, 0.15) is 27.0 Å². The Labute approximate surface area is 126 Å². The van der Waals surface area contributed by atoms with Gasteiger partial charge in [0, 0.05) is 16.7 Å². The Hall–Kier alpha value is -3.01. The molecule has 0 amide bonds. The minimum atomic E-state index is -0.339. The lowest BCUT2D eigenvalue weighted by atomic mass is 9.85. The molecule has 2 aliphatic carbocycles. The molecule has 0 saturated carbocycles. The maximum Gasteiger partial charge on any atom is 0.202 e. The maximum absolute atomic E-state index is 12.9. The second-order valence-corrected chi connectivity index (χ2v) is 5.21. The number of rotatable bonds is 1. The minimum Gasteiger partial charge on any atom is -0.507 e. The predicted molar refractivity (Wildman–Crippen MR) is 82.3 cm³/mol. The van der Waals surface area contributed by atoms with Crippen LogP contribution in [0.2, 0.25) is 0 Å². The van der Waals surface area contributed by atoms with Crippen LogP contribution >= 0.6 is 0 Å². The molecule has 0 aliphatic heterocycles. The summed E-state index contributed by atoms with van der Waals surface area (Å²) in [5, 5.41) is 20.7. The second-order valence-electron chi connectivity index (χ2n) is 5.21. The fourth-order valence-electron chi connectivity index (χ4n) is 3.19. The predicted octanol–water partition coefficient (Wildman–Crippen LogP) is 3.39. The Balaban J connectivity index is 2.16. The fourth-order valence-corrected chi connectivity index (χ4v) is 3.19. The summed E-state index contributed by atoms with van der Waals surface area (Å²) in [5.41, 5.74) is 2.75. The van der Waals surface area contributed by atoms with E-state index in [2.05, 4.69) is 0 Å². The van der Waals surface area contributed by atoms with E-state index < -0.39 is 0 Å². The van der Waals surface area contributed by atoms with E-state index in [1.54, 1.807) is 12.1 Å². The van der Waals surface area contributed by atoms with Gasteiger partial charge in [-0.1, -0.05) is 36.4 Å². The highest BCUT2D eigenvalue weighted by molar-refractivity contribution is 6.33. The summed E-state index contributed by atoms with van der Waals surface area (Å²) >= 11 is 0. The third-order valence-corrected chi connectivity index (χ3v) is 4.11. The van der Waals surface area contributed by atoms with Crippen LogP contribution in [0.15, 0.2) is 48.0 Å². The van der Waals surface area contributed by atoms with Crippen LogP contribution in [0.5, 0.6) is 5.75 Å². The first-order valence-electron chi connectivity index (χ1n) is 6.84. The van der Waals surface area contributed by atoms with E-state index in [1.165, 1.54) is 13.2 Å². The van der Waals surface area contributed by atoms with Crippen LogP contribution in [-0.4, -0.2) is 23.1 Å².